The molecule has 98 valence electrons. The van der Waals surface area contributed by atoms with Crippen molar-refractivity contribution in [1.82, 2.24) is 0 Å². The maximum absolute atomic E-state index is 11.1. The molecule has 0 bridgehead atoms. The van der Waals surface area contributed by atoms with E-state index < -0.39 is 22.4 Å². The third-order valence-electron chi connectivity index (χ3n) is 2.29. The van der Waals surface area contributed by atoms with Crippen LogP contribution >= 0.6 is 0 Å². The monoisotopic (exact) mass is 253 g/mol. The predicted molar refractivity (Wildman–Crippen MR) is 64.6 cm³/mol. The summed E-state index contributed by atoms with van der Waals surface area (Å²) in [5.74, 6) is -0.930. The zero-order chi connectivity index (χ0) is 13.9. The third kappa shape index (κ3) is 3.44. The Bertz CT molecular complexity index is 464. The molecule has 18 heavy (non-hydrogen) atoms. The van der Waals surface area contributed by atoms with Crippen LogP contribution < -0.4 is 4.74 Å². The van der Waals surface area contributed by atoms with E-state index in [4.69, 9.17) is 9.84 Å². The van der Waals surface area contributed by atoms with E-state index in [2.05, 4.69) is 0 Å². The van der Waals surface area contributed by atoms with Gasteiger partial charge in [0.2, 0.25) is 0 Å². The predicted octanol–water partition coefficient (Wildman–Crippen LogP) is 2.47. The van der Waals surface area contributed by atoms with Crippen molar-refractivity contribution in [1.29, 1.82) is 0 Å². The number of carboxylic acids is 1. The van der Waals surface area contributed by atoms with Gasteiger partial charge in [-0.05, 0) is 6.07 Å². The summed E-state index contributed by atoms with van der Waals surface area (Å²) in [7, 11) is 0. The third-order valence-corrected chi connectivity index (χ3v) is 2.29. The Morgan fingerprint density at radius 2 is 2.06 bits per heavy atom. The number of rotatable bonds is 4. The maximum atomic E-state index is 11.1. The van der Waals surface area contributed by atoms with Gasteiger partial charge in [0.25, 0.3) is 5.69 Å². The van der Waals surface area contributed by atoms with Gasteiger partial charge in [0.15, 0.2) is 6.10 Å². The number of hydrogen-bond donors (Lipinski definition) is 1. The SMILES string of the molecule is CC(C)(C)C(Oc1cccc([N+](=O)[O-])c1)C(=O)O. The second-order valence-electron chi connectivity index (χ2n) is 4.96. The number of nitro groups is 1. The van der Waals surface area contributed by atoms with Gasteiger partial charge in [0.1, 0.15) is 5.75 Å². The highest BCUT2D eigenvalue weighted by atomic mass is 16.6. The molecule has 0 aliphatic rings. The minimum atomic E-state index is -1.10. The van der Waals surface area contributed by atoms with Crippen molar-refractivity contribution in [3.63, 3.8) is 0 Å². The lowest BCUT2D eigenvalue weighted by molar-refractivity contribution is -0.385. The van der Waals surface area contributed by atoms with Gasteiger partial charge in [-0.25, -0.2) is 4.79 Å². The number of carbonyl (C=O) groups is 1. The summed E-state index contributed by atoms with van der Waals surface area (Å²) in [5.41, 5.74) is -0.748. The Kier molecular flexibility index (Phi) is 3.90. The van der Waals surface area contributed by atoms with Crippen molar-refractivity contribution >= 4 is 11.7 Å². The molecule has 1 aromatic carbocycles. The quantitative estimate of drug-likeness (QED) is 0.657. The van der Waals surface area contributed by atoms with Gasteiger partial charge in [0.05, 0.1) is 11.0 Å². The van der Waals surface area contributed by atoms with Gasteiger partial charge < -0.3 is 9.84 Å². The molecule has 1 unspecified atom stereocenters. The Hall–Kier alpha value is -2.11. The molecule has 0 saturated carbocycles. The van der Waals surface area contributed by atoms with E-state index in [-0.39, 0.29) is 11.4 Å². The van der Waals surface area contributed by atoms with Crippen molar-refractivity contribution in [3.8, 4) is 5.75 Å². The average molecular weight is 253 g/mol. The number of hydrogen-bond acceptors (Lipinski definition) is 4. The number of ether oxygens (including phenoxy) is 1. The van der Waals surface area contributed by atoms with E-state index in [1.165, 1.54) is 24.3 Å². The Morgan fingerprint density at radius 3 is 2.50 bits per heavy atom. The lowest BCUT2D eigenvalue weighted by Crippen LogP contribution is -2.39. The normalized spacial score (nSPS) is 12.8. The summed E-state index contributed by atoms with van der Waals surface area (Å²) in [6, 6.07) is 5.48. The molecule has 1 N–H and O–H groups in total. The highest BCUT2D eigenvalue weighted by molar-refractivity contribution is 5.73. The zero-order valence-electron chi connectivity index (χ0n) is 10.4. The second-order valence-corrected chi connectivity index (χ2v) is 4.96. The second kappa shape index (κ2) is 5.03. The smallest absolute Gasteiger partial charge is 0.345 e. The molecule has 1 atom stereocenters. The number of carboxylic acid groups (broad SMARTS) is 1. The molecule has 1 aromatic rings. The Morgan fingerprint density at radius 1 is 1.44 bits per heavy atom. The van der Waals surface area contributed by atoms with Gasteiger partial charge in [-0.15, -0.1) is 0 Å². The van der Waals surface area contributed by atoms with E-state index in [1.54, 1.807) is 20.8 Å². The van der Waals surface area contributed by atoms with Crippen molar-refractivity contribution in [2.45, 2.75) is 26.9 Å². The van der Waals surface area contributed by atoms with Gasteiger partial charge >= 0.3 is 5.97 Å². The standard InChI is InChI=1S/C12H15NO5/c1-12(2,3)10(11(14)15)18-9-6-4-5-8(7-9)13(16)17/h4-7,10H,1-3H3,(H,14,15). The summed E-state index contributed by atoms with van der Waals surface area (Å²) < 4.78 is 5.33. The van der Waals surface area contributed by atoms with E-state index in [1.807, 2.05) is 0 Å². The maximum Gasteiger partial charge on any atom is 0.345 e. The summed E-state index contributed by atoms with van der Waals surface area (Å²) >= 11 is 0. The van der Waals surface area contributed by atoms with Crippen LogP contribution in [0.15, 0.2) is 24.3 Å². The molecule has 0 fully saturated rings. The van der Waals surface area contributed by atoms with Crippen molar-refractivity contribution in [2.24, 2.45) is 5.41 Å². The minimum absolute atomic E-state index is 0.134. The van der Waals surface area contributed by atoms with Crippen molar-refractivity contribution in [2.75, 3.05) is 0 Å². The van der Waals surface area contributed by atoms with E-state index in [9.17, 15) is 14.9 Å². The van der Waals surface area contributed by atoms with E-state index >= 15 is 0 Å². The van der Waals surface area contributed by atoms with Crippen LogP contribution in [0.4, 0.5) is 5.69 Å². The molecule has 0 amide bonds. The van der Waals surface area contributed by atoms with Crippen LogP contribution in [0.2, 0.25) is 0 Å². The average Bonchev–Trinajstić information content (AvgIpc) is 2.24. The summed E-state index contributed by atoms with van der Waals surface area (Å²) in [5, 5.41) is 19.7. The fourth-order valence-electron chi connectivity index (χ4n) is 1.40. The first kappa shape index (κ1) is 14.0. The number of nitro benzene ring substituents is 1. The van der Waals surface area contributed by atoms with Gasteiger partial charge in [-0.1, -0.05) is 26.8 Å². The van der Waals surface area contributed by atoms with Gasteiger partial charge in [0, 0.05) is 11.5 Å². The molecule has 0 aliphatic heterocycles. The molecule has 0 aliphatic carbocycles. The van der Waals surface area contributed by atoms with Crippen LogP contribution in [0.1, 0.15) is 20.8 Å². The lowest BCUT2D eigenvalue weighted by Gasteiger charge is -2.27. The molecule has 6 heteroatoms. The molecule has 0 spiro atoms. The lowest BCUT2D eigenvalue weighted by atomic mass is 9.89. The van der Waals surface area contributed by atoms with Crippen LogP contribution in [-0.2, 0) is 4.79 Å². The number of nitrogens with zero attached hydrogens (tertiary/aromatic N) is 1. The van der Waals surface area contributed by atoms with Crippen molar-refractivity contribution < 1.29 is 19.6 Å². The van der Waals surface area contributed by atoms with Gasteiger partial charge in [-0.3, -0.25) is 10.1 Å². The first-order valence-corrected chi connectivity index (χ1v) is 5.36. The number of aliphatic carboxylic acids is 1. The first-order valence-electron chi connectivity index (χ1n) is 5.36. The fourth-order valence-corrected chi connectivity index (χ4v) is 1.40. The van der Waals surface area contributed by atoms with Crippen LogP contribution in [0.5, 0.6) is 5.75 Å². The fraction of sp³-hybridized carbons (Fsp3) is 0.417. The molecule has 0 saturated heterocycles. The summed E-state index contributed by atoms with van der Waals surface area (Å²) in [4.78, 5) is 21.2. The molecular weight excluding hydrogens is 238 g/mol. The molecule has 0 aromatic heterocycles. The van der Waals surface area contributed by atoms with Crippen LogP contribution in [-0.4, -0.2) is 22.1 Å². The van der Waals surface area contributed by atoms with Crippen LogP contribution in [0, 0.1) is 15.5 Å². The molecular formula is C12H15NO5. The molecule has 0 heterocycles. The molecule has 0 radical (unpaired) electrons. The minimum Gasteiger partial charge on any atom is -0.478 e. The Labute approximate surface area is 104 Å². The van der Waals surface area contributed by atoms with Crippen LogP contribution in [0.3, 0.4) is 0 Å². The molecule has 1 rings (SSSR count). The molecule has 6 nitrogen and oxygen atoms in total. The van der Waals surface area contributed by atoms with E-state index in [0.717, 1.165) is 0 Å². The largest absolute Gasteiger partial charge is 0.478 e. The summed E-state index contributed by atoms with van der Waals surface area (Å²) in [6.07, 6.45) is -1.07. The number of benzene rings is 1. The van der Waals surface area contributed by atoms with E-state index in [0.29, 0.717) is 0 Å². The highest BCUT2D eigenvalue weighted by Crippen LogP contribution is 2.27. The highest BCUT2D eigenvalue weighted by Gasteiger charge is 2.33. The summed E-state index contributed by atoms with van der Waals surface area (Å²) in [6.45, 7) is 5.18. The first-order chi connectivity index (χ1) is 8.21. The van der Waals surface area contributed by atoms with Crippen LogP contribution in [0.25, 0.3) is 0 Å². The van der Waals surface area contributed by atoms with Crippen molar-refractivity contribution in [3.05, 3.63) is 34.4 Å². The zero-order valence-corrected chi connectivity index (χ0v) is 10.4. The van der Waals surface area contributed by atoms with Gasteiger partial charge in [-0.2, -0.15) is 0 Å². The topological polar surface area (TPSA) is 89.7 Å². The Balaban J connectivity index is 2.98. The number of non-ortho nitro benzene ring substituents is 1.